The molecule has 0 unspecified atom stereocenters. The van der Waals surface area contributed by atoms with E-state index in [1.165, 1.54) is 0 Å². The molecule has 0 spiro atoms. The molecule has 1 aliphatic rings. The Labute approximate surface area is 180 Å². The maximum atomic E-state index is 6.05. The molecule has 160 valence electrons. The second kappa shape index (κ2) is 8.52. The quantitative estimate of drug-likeness (QED) is 0.491. The van der Waals surface area contributed by atoms with Gasteiger partial charge in [-0.3, -0.25) is 4.68 Å². The van der Waals surface area contributed by atoms with Gasteiger partial charge in [-0.25, -0.2) is 9.97 Å². The van der Waals surface area contributed by atoms with Crippen molar-refractivity contribution in [1.82, 2.24) is 34.7 Å². The summed E-state index contributed by atoms with van der Waals surface area (Å²) in [4.78, 5) is 9.27. The van der Waals surface area contributed by atoms with Crippen LogP contribution in [0.15, 0.2) is 42.9 Å². The van der Waals surface area contributed by atoms with Crippen molar-refractivity contribution in [2.75, 3.05) is 13.7 Å². The second-order valence-corrected chi connectivity index (χ2v) is 8.17. The number of aromatic nitrogens is 7. The molecule has 1 aliphatic carbocycles. The van der Waals surface area contributed by atoms with Gasteiger partial charge in [0.15, 0.2) is 11.2 Å². The van der Waals surface area contributed by atoms with E-state index in [2.05, 4.69) is 32.5 Å². The highest BCUT2D eigenvalue weighted by molar-refractivity contribution is 5.71. The Morgan fingerprint density at radius 2 is 2.00 bits per heavy atom. The first-order valence-electron chi connectivity index (χ1n) is 10.6. The Hall–Kier alpha value is -3.17. The van der Waals surface area contributed by atoms with Gasteiger partial charge in [0.2, 0.25) is 0 Å². The van der Waals surface area contributed by atoms with E-state index in [1.807, 2.05) is 29.2 Å². The number of ether oxygens (including phenoxy) is 1. The molecule has 1 saturated carbocycles. The molecule has 1 fully saturated rings. The van der Waals surface area contributed by atoms with E-state index < -0.39 is 0 Å². The predicted octanol–water partition coefficient (Wildman–Crippen LogP) is 2.39. The lowest BCUT2D eigenvalue weighted by molar-refractivity contribution is 0.183. The van der Waals surface area contributed by atoms with E-state index in [9.17, 15) is 0 Å². The Bertz CT molecular complexity index is 1170. The first-order chi connectivity index (χ1) is 15.2. The topological polar surface area (TPSA) is 110 Å². The molecular formula is C22H26N8O. The Kier molecular flexibility index (Phi) is 5.44. The minimum Gasteiger partial charge on any atom is -0.383 e. The third-order valence-electron chi connectivity index (χ3n) is 5.90. The van der Waals surface area contributed by atoms with Crippen molar-refractivity contribution in [3.8, 4) is 16.8 Å². The summed E-state index contributed by atoms with van der Waals surface area (Å²) in [6, 6.07) is 8.47. The SMILES string of the molecule is COCCn1cc(-c2ccc(-n3nnc4cnc(C[C@@H]5CC[C@H](N)C5)nc43)cc2)cn1. The lowest BCUT2D eigenvalue weighted by Gasteiger charge is -2.08. The molecule has 0 bridgehead atoms. The lowest BCUT2D eigenvalue weighted by atomic mass is 10.0. The highest BCUT2D eigenvalue weighted by Gasteiger charge is 2.23. The van der Waals surface area contributed by atoms with Gasteiger partial charge in [-0.05, 0) is 42.9 Å². The van der Waals surface area contributed by atoms with Gasteiger partial charge in [0.05, 0.1) is 31.2 Å². The molecule has 3 aromatic heterocycles. The summed E-state index contributed by atoms with van der Waals surface area (Å²) in [5.74, 6) is 1.39. The minimum atomic E-state index is 0.312. The summed E-state index contributed by atoms with van der Waals surface area (Å²) >= 11 is 0. The predicted molar refractivity (Wildman–Crippen MR) is 117 cm³/mol. The molecule has 9 nitrogen and oxygen atoms in total. The zero-order valence-corrected chi connectivity index (χ0v) is 17.6. The average molecular weight is 419 g/mol. The first kappa shape index (κ1) is 19.8. The van der Waals surface area contributed by atoms with Crippen LogP contribution in [0.1, 0.15) is 25.1 Å². The lowest BCUT2D eigenvalue weighted by Crippen LogP contribution is -2.15. The molecule has 0 saturated heterocycles. The third-order valence-corrected chi connectivity index (χ3v) is 5.90. The van der Waals surface area contributed by atoms with Crippen LogP contribution in [0.4, 0.5) is 0 Å². The minimum absolute atomic E-state index is 0.312. The standard InChI is InChI=1S/C22H26N8O/c1-31-9-8-29-14-17(12-25-29)16-3-6-19(7-4-16)30-22-20(27-28-30)13-24-21(26-22)11-15-2-5-18(23)10-15/h3-4,6-7,12-15,18H,2,5,8-11,23H2,1H3/t15-,18+/m1/s1. The molecule has 5 rings (SSSR count). The summed E-state index contributed by atoms with van der Waals surface area (Å²) in [6.45, 7) is 1.37. The summed E-state index contributed by atoms with van der Waals surface area (Å²) in [7, 11) is 1.69. The van der Waals surface area contributed by atoms with E-state index in [4.69, 9.17) is 15.5 Å². The van der Waals surface area contributed by atoms with E-state index in [0.29, 0.717) is 24.1 Å². The van der Waals surface area contributed by atoms with Gasteiger partial charge >= 0.3 is 0 Å². The van der Waals surface area contributed by atoms with Crippen molar-refractivity contribution >= 4 is 11.2 Å². The van der Waals surface area contributed by atoms with E-state index in [1.54, 1.807) is 18.0 Å². The molecule has 2 atom stereocenters. The fourth-order valence-corrected chi connectivity index (χ4v) is 4.21. The van der Waals surface area contributed by atoms with E-state index in [0.717, 1.165) is 60.5 Å². The fraction of sp³-hybridized carbons (Fsp3) is 0.409. The van der Waals surface area contributed by atoms with E-state index >= 15 is 0 Å². The molecule has 0 amide bonds. The Balaban J connectivity index is 1.37. The van der Waals surface area contributed by atoms with Gasteiger partial charge in [0, 0.05) is 31.3 Å². The van der Waals surface area contributed by atoms with Crippen LogP contribution in [0.5, 0.6) is 0 Å². The van der Waals surface area contributed by atoms with Crippen molar-refractivity contribution in [1.29, 1.82) is 0 Å². The number of nitrogens with zero attached hydrogens (tertiary/aromatic N) is 7. The number of hydrogen-bond donors (Lipinski definition) is 1. The van der Waals surface area contributed by atoms with Crippen LogP contribution in [-0.4, -0.2) is 54.5 Å². The zero-order valence-electron chi connectivity index (χ0n) is 17.6. The van der Waals surface area contributed by atoms with Crippen LogP contribution in [0.25, 0.3) is 28.0 Å². The number of rotatable bonds is 7. The van der Waals surface area contributed by atoms with Crippen molar-refractivity contribution in [3.05, 3.63) is 48.7 Å². The smallest absolute Gasteiger partial charge is 0.187 e. The van der Waals surface area contributed by atoms with Crippen LogP contribution in [0.3, 0.4) is 0 Å². The summed E-state index contributed by atoms with van der Waals surface area (Å²) < 4.78 is 8.76. The molecule has 0 aliphatic heterocycles. The van der Waals surface area contributed by atoms with Crippen LogP contribution >= 0.6 is 0 Å². The number of hydrogen-bond acceptors (Lipinski definition) is 7. The molecule has 31 heavy (non-hydrogen) atoms. The van der Waals surface area contributed by atoms with Crippen LogP contribution in [-0.2, 0) is 17.7 Å². The van der Waals surface area contributed by atoms with Gasteiger partial charge in [-0.15, -0.1) is 5.10 Å². The molecule has 2 N–H and O–H groups in total. The zero-order chi connectivity index (χ0) is 21.2. The molecule has 3 heterocycles. The summed E-state index contributed by atoms with van der Waals surface area (Å²) in [6.07, 6.45) is 9.77. The van der Waals surface area contributed by atoms with Gasteiger partial charge < -0.3 is 10.5 Å². The second-order valence-electron chi connectivity index (χ2n) is 8.17. The van der Waals surface area contributed by atoms with Gasteiger partial charge in [-0.1, -0.05) is 17.3 Å². The number of methoxy groups -OCH3 is 1. The van der Waals surface area contributed by atoms with Gasteiger partial charge in [-0.2, -0.15) is 9.78 Å². The van der Waals surface area contributed by atoms with Crippen molar-refractivity contribution in [2.24, 2.45) is 11.7 Å². The average Bonchev–Trinajstić information content (AvgIpc) is 3.52. The van der Waals surface area contributed by atoms with Crippen LogP contribution < -0.4 is 5.73 Å². The number of nitrogens with two attached hydrogens (primary N) is 1. The van der Waals surface area contributed by atoms with Gasteiger partial charge in [0.1, 0.15) is 5.82 Å². The van der Waals surface area contributed by atoms with Crippen molar-refractivity contribution in [2.45, 2.75) is 38.3 Å². The van der Waals surface area contributed by atoms with Gasteiger partial charge in [0.25, 0.3) is 0 Å². The molecule has 9 heteroatoms. The van der Waals surface area contributed by atoms with Crippen molar-refractivity contribution in [3.63, 3.8) is 0 Å². The normalized spacial score (nSPS) is 18.8. The highest BCUT2D eigenvalue weighted by Crippen LogP contribution is 2.27. The molecule has 0 radical (unpaired) electrons. The Morgan fingerprint density at radius 1 is 1.13 bits per heavy atom. The summed E-state index contributed by atoms with van der Waals surface area (Å²) in [5.41, 5.74) is 10.5. The molecule has 4 aromatic rings. The van der Waals surface area contributed by atoms with Crippen LogP contribution in [0, 0.1) is 5.92 Å². The largest absolute Gasteiger partial charge is 0.383 e. The molecule has 1 aromatic carbocycles. The molecular weight excluding hydrogens is 392 g/mol. The first-order valence-corrected chi connectivity index (χ1v) is 10.6. The van der Waals surface area contributed by atoms with E-state index in [-0.39, 0.29) is 0 Å². The number of fused-ring (bicyclic) bond motifs is 1. The monoisotopic (exact) mass is 418 g/mol. The number of benzene rings is 1. The highest BCUT2D eigenvalue weighted by atomic mass is 16.5. The summed E-state index contributed by atoms with van der Waals surface area (Å²) in [5, 5.41) is 12.9. The maximum absolute atomic E-state index is 6.05. The third kappa shape index (κ3) is 4.19. The fourth-order valence-electron chi connectivity index (χ4n) is 4.21. The van der Waals surface area contributed by atoms with Crippen LogP contribution in [0.2, 0.25) is 0 Å². The maximum Gasteiger partial charge on any atom is 0.187 e. The van der Waals surface area contributed by atoms with Crippen molar-refractivity contribution < 1.29 is 4.74 Å². The Morgan fingerprint density at radius 3 is 2.77 bits per heavy atom.